The molecule has 0 aliphatic carbocycles. The molecule has 0 fully saturated rings. The van der Waals surface area contributed by atoms with Crippen molar-refractivity contribution < 1.29 is 12.8 Å². The van der Waals surface area contributed by atoms with E-state index in [4.69, 9.17) is 4.42 Å². The van der Waals surface area contributed by atoms with Gasteiger partial charge in [0.25, 0.3) is 0 Å². The molecular formula is C22H18N2O3S. The highest BCUT2D eigenvalue weighted by molar-refractivity contribution is 7.89. The van der Waals surface area contributed by atoms with Gasteiger partial charge in [-0.3, -0.25) is 0 Å². The summed E-state index contributed by atoms with van der Waals surface area (Å²) in [6, 6.07) is 25.6. The van der Waals surface area contributed by atoms with Crippen LogP contribution in [0.4, 0.5) is 0 Å². The molecule has 0 unspecified atom stereocenters. The molecule has 0 saturated carbocycles. The Morgan fingerprint density at radius 2 is 1.43 bits per heavy atom. The molecule has 28 heavy (non-hydrogen) atoms. The largest absolute Gasteiger partial charge is 0.436 e. The fraction of sp³-hybridized carbons (Fsp3) is 0.0455. The summed E-state index contributed by atoms with van der Waals surface area (Å²) < 4.78 is 33.4. The second kappa shape index (κ2) is 7.80. The van der Waals surface area contributed by atoms with Crippen molar-refractivity contribution in [3.8, 4) is 22.8 Å². The van der Waals surface area contributed by atoms with E-state index in [1.165, 1.54) is 0 Å². The maximum atomic E-state index is 12.5. The maximum Gasteiger partial charge on any atom is 0.240 e. The third kappa shape index (κ3) is 4.03. The number of aromatic nitrogens is 1. The molecule has 0 saturated heterocycles. The van der Waals surface area contributed by atoms with Gasteiger partial charge in [0.15, 0.2) is 5.76 Å². The number of oxazole rings is 1. The first-order valence-electron chi connectivity index (χ1n) is 8.77. The molecule has 0 atom stereocenters. The zero-order chi connectivity index (χ0) is 19.4. The lowest BCUT2D eigenvalue weighted by Crippen LogP contribution is -2.23. The molecule has 4 aromatic rings. The lowest BCUT2D eigenvalue weighted by atomic mass is 10.2. The minimum Gasteiger partial charge on any atom is -0.436 e. The van der Waals surface area contributed by atoms with E-state index in [0.717, 1.165) is 11.1 Å². The van der Waals surface area contributed by atoms with Gasteiger partial charge < -0.3 is 4.42 Å². The summed E-state index contributed by atoms with van der Waals surface area (Å²) in [6.07, 6.45) is 1.66. The van der Waals surface area contributed by atoms with Gasteiger partial charge in [0.05, 0.1) is 11.1 Å². The van der Waals surface area contributed by atoms with Gasteiger partial charge in [-0.25, -0.2) is 18.1 Å². The van der Waals surface area contributed by atoms with Crippen LogP contribution in [0, 0.1) is 0 Å². The van der Waals surface area contributed by atoms with Crippen LogP contribution >= 0.6 is 0 Å². The third-order valence-electron chi connectivity index (χ3n) is 4.28. The van der Waals surface area contributed by atoms with Crippen molar-refractivity contribution in [2.24, 2.45) is 0 Å². The zero-order valence-corrected chi connectivity index (χ0v) is 15.8. The lowest BCUT2D eigenvalue weighted by Gasteiger charge is -2.07. The highest BCUT2D eigenvalue weighted by Crippen LogP contribution is 2.26. The number of hydrogen-bond donors (Lipinski definition) is 1. The van der Waals surface area contributed by atoms with Gasteiger partial charge in [-0.2, -0.15) is 0 Å². The molecule has 0 aliphatic heterocycles. The van der Waals surface area contributed by atoms with Gasteiger partial charge in [0.2, 0.25) is 15.9 Å². The van der Waals surface area contributed by atoms with Crippen LogP contribution in [0.25, 0.3) is 22.8 Å². The molecule has 140 valence electrons. The highest BCUT2D eigenvalue weighted by atomic mass is 32.2. The predicted octanol–water partition coefficient (Wildman–Crippen LogP) is 4.49. The summed E-state index contributed by atoms with van der Waals surface area (Å²) in [4.78, 5) is 4.50. The van der Waals surface area contributed by atoms with Gasteiger partial charge in [-0.15, -0.1) is 0 Å². The van der Waals surface area contributed by atoms with E-state index in [-0.39, 0.29) is 11.4 Å². The number of nitrogens with zero attached hydrogens (tertiary/aromatic N) is 1. The summed E-state index contributed by atoms with van der Waals surface area (Å²) in [7, 11) is -3.60. The fourth-order valence-electron chi connectivity index (χ4n) is 2.78. The molecule has 3 aromatic carbocycles. The van der Waals surface area contributed by atoms with Crippen LogP contribution in [0.3, 0.4) is 0 Å². The minimum atomic E-state index is -3.60. The number of nitrogens with one attached hydrogen (secondary N) is 1. The van der Waals surface area contributed by atoms with Crippen LogP contribution in [-0.4, -0.2) is 13.4 Å². The van der Waals surface area contributed by atoms with E-state index in [0.29, 0.717) is 17.2 Å². The Kier molecular flexibility index (Phi) is 5.06. The molecule has 0 aliphatic rings. The van der Waals surface area contributed by atoms with Crippen molar-refractivity contribution in [3.05, 3.63) is 96.7 Å². The van der Waals surface area contributed by atoms with Gasteiger partial charge in [0.1, 0.15) is 0 Å². The van der Waals surface area contributed by atoms with E-state index in [1.807, 2.05) is 60.7 Å². The first-order chi connectivity index (χ1) is 13.6. The van der Waals surface area contributed by atoms with Crippen LogP contribution in [0.2, 0.25) is 0 Å². The Labute approximate surface area is 163 Å². The fourth-order valence-corrected chi connectivity index (χ4v) is 3.80. The third-order valence-corrected chi connectivity index (χ3v) is 5.70. The Balaban J connectivity index is 1.50. The lowest BCUT2D eigenvalue weighted by molar-refractivity contribution is 0.580. The Hall–Kier alpha value is -3.22. The second-order valence-electron chi connectivity index (χ2n) is 6.23. The normalized spacial score (nSPS) is 11.4. The molecule has 1 aromatic heterocycles. The molecule has 0 radical (unpaired) electrons. The Morgan fingerprint density at radius 1 is 0.786 bits per heavy atom. The standard InChI is InChI=1S/C22H18N2O3S/c25-28(26,24-15-17-7-3-1-4-8-17)20-13-11-19(12-14-20)22-23-16-21(27-22)18-9-5-2-6-10-18/h1-14,16,24H,15H2. The highest BCUT2D eigenvalue weighted by Gasteiger charge is 2.15. The number of hydrogen-bond acceptors (Lipinski definition) is 4. The second-order valence-corrected chi connectivity index (χ2v) is 8.00. The Morgan fingerprint density at radius 3 is 2.11 bits per heavy atom. The number of sulfonamides is 1. The summed E-state index contributed by atoms with van der Waals surface area (Å²) in [5.41, 5.74) is 2.55. The SMILES string of the molecule is O=S(=O)(NCc1ccccc1)c1ccc(-c2ncc(-c3ccccc3)o2)cc1. The van der Waals surface area contributed by atoms with E-state index in [2.05, 4.69) is 9.71 Å². The molecule has 0 spiro atoms. The summed E-state index contributed by atoms with van der Waals surface area (Å²) in [5, 5.41) is 0. The number of rotatable bonds is 6. The molecule has 0 bridgehead atoms. The molecule has 0 amide bonds. The van der Waals surface area contributed by atoms with Crippen molar-refractivity contribution in [1.29, 1.82) is 0 Å². The van der Waals surface area contributed by atoms with Gasteiger partial charge in [-0.1, -0.05) is 60.7 Å². The minimum absolute atomic E-state index is 0.196. The van der Waals surface area contributed by atoms with Gasteiger partial charge in [-0.05, 0) is 29.8 Å². The predicted molar refractivity (Wildman–Crippen MR) is 108 cm³/mol. The van der Waals surface area contributed by atoms with Gasteiger partial charge >= 0.3 is 0 Å². The average molecular weight is 390 g/mol. The quantitative estimate of drug-likeness (QED) is 0.527. The van der Waals surface area contributed by atoms with Crippen LogP contribution in [-0.2, 0) is 16.6 Å². The first-order valence-corrected chi connectivity index (χ1v) is 10.3. The topological polar surface area (TPSA) is 72.2 Å². The van der Waals surface area contributed by atoms with Crippen molar-refractivity contribution in [3.63, 3.8) is 0 Å². The van der Waals surface area contributed by atoms with Crippen LogP contribution in [0.5, 0.6) is 0 Å². The first kappa shape index (κ1) is 18.2. The van der Waals surface area contributed by atoms with Crippen LogP contribution in [0.15, 0.2) is 100 Å². The summed E-state index contributed by atoms with van der Waals surface area (Å²) in [6.45, 7) is 0.241. The van der Waals surface area contributed by atoms with Crippen molar-refractivity contribution in [2.45, 2.75) is 11.4 Å². The van der Waals surface area contributed by atoms with Crippen molar-refractivity contribution >= 4 is 10.0 Å². The summed E-state index contributed by atoms with van der Waals surface area (Å²) >= 11 is 0. The molecule has 5 nitrogen and oxygen atoms in total. The smallest absolute Gasteiger partial charge is 0.240 e. The molecule has 1 N–H and O–H groups in total. The van der Waals surface area contributed by atoms with E-state index in [9.17, 15) is 8.42 Å². The molecule has 6 heteroatoms. The van der Waals surface area contributed by atoms with E-state index < -0.39 is 10.0 Å². The summed E-state index contributed by atoms with van der Waals surface area (Å²) in [5.74, 6) is 1.11. The maximum absolute atomic E-state index is 12.5. The zero-order valence-electron chi connectivity index (χ0n) is 14.9. The van der Waals surface area contributed by atoms with Crippen molar-refractivity contribution in [1.82, 2.24) is 9.71 Å². The monoisotopic (exact) mass is 390 g/mol. The van der Waals surface area contributed by atoms with E-state index in [1.54, 1.807) is 30.5 Å². The van der Waals surface area contributed by atoms with Crippen LogP contribution in [0.1, 0.15) is 5.56 Å². The van der Waals surface area contributed by atoms with Gasteiger partial charge in [0, 0.05) is 17.7 Å². The van der Waals surface area contributed by atoms with Crippen LogP contribution < -0.4 is 4.72 Å². The van der Waals surface area contributed by atoms with E-state index >= 15 is 0 Å². The average Bonchev–Trinajstić information content (AvgIpc) is 3.24. The molecular weight excluding hydrogens is 372 g/mol. The number of benzene rings is 3. The molecule has 1 heterocycles. The van der Waals surface area contributed by atoms with Crippen molar-refractivity contribution in [2.75, 3.05) is 0 Å². The Bertz CT molecular complexity index is 1150. The molecule has 4 rings (SSSR count).